The van der Waals surface area contributed by atoms with Crippen molar-refractivity contribution in [3.8, 4) is 5.75 Å². The van der Waals surface area contributed by atoms with Crippen LogP contribution in [0.4, 0.5) is 0 Å². The van der Waals surface area contributed by atoms with Crippen LogP contribution in [0.3, 0.4) is 0 Å². The quantitative estimate of drug-likeness (QED) is 0.851. The Balaban J connectivity index is 1.53. The first-order valence-corrected chi connectivity index (χ1v) is 9.04. The minimum atomic E-state index is -0.0354. The van der Waals surface area contributed by atoms with Gasteiger partial charge in [-0.25, -0.2) is 0 Å². The smallest absolute Gasteiger partial charge is 0.224 e. The van der Waals surface area contributed by atoms with Crippen molar-refractivity contribution < 1.29 is 9.90 Å². The molecule has 3 rings (SSSR count). The summed E-state index contributed by atoms with van der Waals surface area (Å²) < 4.78 is 0. The van der Waals surface area contributed by atoms with E-state index in [1.54, 1.807) is 18.2 Å². The summed E-state index contributed by atoms with van der Waals surface area (Å²) in [6.45, 7) is 2.68. The van der Waals surface area contributed by atoms with E-state index in [1.165, 1.54) is 18.4 Å². The van der Waals surface area contributed by atoms with Gasteiger partial charge in [0, 0.05) is 24.7 Å². The second-order valence-electron chi connectivity index (χ2n) is 6.72. The molecule has 1 fully saturated rings. The van der Waals surface area contributed by atoms with Crippen molar-refractivity contribution in [1.82, 2.24) is 10.2 Å². The first-order chi connectivity index (χ1) is 12.2. The number of benzene rings is 2. The van der Waals surface area contributed by atoms with Gasteiger partial charge in [-0.3, -0.25) is 9.69 Å². The molecule has 4 nitrogen and oxygen atoms in total. The molecule has 0 radical (unpaired) electrons. The number of nitrogens with zero attached hydrogens (tertiary/aromatic N) is 1. The highest BCUT2D eigenvalue weighted by atomic mass is 16.3. The highest BCUT2D eigenvalue weighted by Crippen LogP contribution is 2.20. The van der Waals surface area contributed by atoms with Gasteiger partial charge in [0.05, 0.1) is 6.42 Å². The van der Waals surface area contributed by atoms with Crippen molar-refractivity contribution in [1.29, 1.82) is 0 Å². The van der Waals surface area contributed by atoms with Crippen LogP contribution in [0.15, 0.2) is 54.6 Å². The number of rotatable bonds is 6. The zero-order chi connectivity index (χ0) is 17.5. The van der Waals surface area contributed by atoms with Gasteiger partial charge in [-0.05, 0) is 31.0 Å². The maximum absolute atomic E-state index is 12.2. The van der Waals surface area contributed by atoms with Crippen LogP contribution in [-0.4, -0.2) is 35.0 Å². The standard InChI is InChI=1S/C21H26N2O2/c24-20-12-5-4-10-18(20)14-21(25)22-15-19-11-6-7-13-23(19)16-17-8-2-1-3-9-17/h1-5,8-10,12,19,24H,6-7,11,13-16H2,(H,22,25). The van der Waals surface area contributed by atoms with E-state index in [4.69, 9.17) is 0 Å². The Bertz CT molecular complexity index is 687. The molecule has 0 bridgehead atoms. The number of aromatic hydroxyl groups is 1. The molecule has 0 aliphatic carbocycles. The highest BCUT2D eigenvalue weighted by molar-refractivity contribution is 5.79. The van der Waals surface area contributed by atoms with Crippen LogP contribution in [0.5, 0.6) is 5.75 Å². The fourth-order valence-electron chi connectivity index (χ4n) is 3.44. The molecule has 1 atom stereocenters. The summed E-state index contributed by atoms with van der Waals surface area (Å²) in [5, 5.41) is 12.8. The lowest BCUT2D eigenvalue weighted by atomic mass is 10.0. The van der Waals surface area contributed by atoms with Crippen molar-refractivity contribution in [2.75, 3.05) is 13.1 Å². The summed E-state index contributed by atoms with van der Waals surface area (Å²) in [6, 6.07) is 17.9. The molecule has 1 aliphatic rings. The third-order valence-corrected chi connectivity index (χ3v) is 4.86. The molecule has 4 heteroatoms. The first kappa shape index (κ1) is 17.5. The molecule has 1 saturated heterocycles. The zero-order valence-corrected chi connectivity index (χ0v) is 14.5. The van der Waals surface area contributed by atoms with Gasteiger partial charge in [0.15, 0.2) is 0 Å². The fraction of sp³-hybridized carbons (Fsp3) is 0.381. The number of nitrogens with one attached hydrogen (secondary N) is 1. The van der Waals surface area contributed by atoms with E-state index < -0.39 is 0 Å². The largest absolute Gasteiger partial charge is 0.508 e. The van der Waals surface area contributed by atoms with Crippen molar-refractivity contribution in [3.63, 3.8) is 0 Å². The van der Waals surface area contributed by atoms with E-state index in [0.29, 0.717) is 18.2 Å². The Labute approximate surface area is 149 Å². The van der Waals surface area contributed by atoms with Gasteiger partial charge in [0.1, 0.15) is 5.75 Å². The third kappa shape index (κ3) is 5.07. The lowest BCUT2D eigenvalue weighted by molar-refractivity contribution is -0.120. The molecule has 0 spiro atoms. The van der Waals surface area contributed by atoms with E-state index in [9.17, 15) is 9.90 Å². The number of carbonyl (C=O) groups excluding carboxylic acids is 1. The average Bonchev–Trinajstić information content (AvgIpc) is 2.64. The molecule has 0 aromatic heterocycles. The van der Waals surface area contributed by atoms with Crippen LogP contribution in [0.1, 0.15) is 30.4 Å². The van der Waals surface area contributed by atoms with Crippen molar-refractivity contribution >= 4 is 5.91 Å². The van der Waals surface area contributed by atoms with Gasteiger partial charge in [-0.1, -0.05) is 55.0 Å². The summed E-state index contributed by atoms with van der Waals surface area (Å²) in [4.78, 5) is 14.7. The summed E-state index contributed by atoms with van der Waals surface area (Å²) in [5.74, 6) is 0.146. The number of hydrogen-bond acceptors (Lipinski definition) is 3. The minimum absolute atomic E-state index is 0.0354. The Morgan fingerprint density at radius 3 is 2.64 bits per heavy atom. The summed E-state index contributed by atoms with van der Waals surface area (Å²) >= 11 is 0. The van der Waals surface area contributed by atoms with E-state index in [1.807, 2.05) is 12.1 Å². The number of phenolic OH excluding ortho intramolecular Hbond substituents is 1. The molecular weight excluding hydrogens is 312 g/mol. The normalized spacial score (nSPS) is 18.0. The highest BCUT2D eigenvalue weighted by Gasteiger charge is 2.23. The van der Waals surface area contributed by atoms with Crippen LogP contribution in [0.25, 0.3) is 0 Å². The van der Waals surface area contributed by atoms with Gasteiger partial charge >= 0.3 is 0 Å². The van der Waals surface area contributed by atoms with Gasteiger partial charge in [-0.15, -0.1) is 0 Å². The Morgan fingerprint density at radius 2 is 1.84 bits per heavy atom. The maximum Gasteiger partial charge on any atom is 0.224 e. The maximum atomic E-state index is 12.2. The number of para-hydroxylation sites is 1. The number of likely N-dealkylation sites (tertiary alicyclic amines) is 1. The van der Waals surface area contributed by atoms with E-state index in [0.717, 1.165) is 19.5 Å². The Hall–Kier alpha value is -2.33. The zero-order valence-electron chi connectivity index (χ0n) is 14.5. The predicted molar refractivity (Wildman–Crippen MR) is 99.3 cm³/mol. The molecule has 2 N–H and O–H groups in total. The van der Waals surface area contributed by atoms with Crippen LogP contribution >= 0.6 is 0 Å². The lowest BCUT2D eigenvalue weighted by Gasteiger charge is -2.36. The molecule has 132 valence electrons. The first-order valence-electron chi connectivity index (χ1n) is 9.04. The second kappa shape index (κ2) is 8.67. The molecule has 2 aromatic rings. The molecule has 1 amide bonds. The summed E-state index contributed by atoms with van der Waals surface area (Å²) in [6.07, 6.45) is 3.77. The number of hydrogen-bond donors (Lipinski definition) is 2. The average molecular weight is 338 g/mol. The molecule has 1 heterocycles. The predicted octanol–water partition coefficient (Wildman–Crippen LogP) is 3.11. The number of phenols is 1. The molecule has 2 aromatic carbocycles. The van der Waals surface area contributed by atoms with Crippen molar-refractivity contribution in [2.45, 2.75) is 38.3 Å². The molecular formula is C21H26N2O2. The molecule has 1 aliphatic heterocycles. The fourth-order valence-corrected chi connectivity index (χ4v) is 3.44. The van der Waals surface area contributed by atoms with Crippen LogP contribution < -0.4 is 5.32 Å². The van der Waals surface area contributed by atoms with Gasteiger partial charge in [0.25, 0.3) is 0 Å². The summed E-state index contributed by atoms with van der Waals surface area (Å²) in [5.41, 5.74) is 1.99. The van der Waals surface area contributed by atoms with Gasteiger partial charge < -0.3 is 10.4 Å². The van der Waals surface area contributed by atoms with Crippen molar-refractivity contribution in [2.24, 2.45) is 0 Å². The molecule has 25 heavy (non-hydrogen) atoms. The van der Waals surface area contributed by atoms with Crippen LogP contribution in [0, 0.1) is 0 Å². The van der Waals surface area contributed by atoms with Gasteiger partial charge in [-0.2, -0.15) is 0 Å². The number of carbonyl (C=O) groups is 1. The second-order valence-corrected chi connectivity index (χ2v) is 6.72. The van der Waals surface area contributed by atoms with E-state index in [2.05, 4.69) is 34.5 Å². The lowest BCUT2D eigenvalue weighted by Crippen LogP contribution is -2.46. The Morgan fingerprint density at radius 1 is 1.08 bits per heavy atom. The monoisotopic (exact) mass is 338 g/mol. The SMILES string of the molecule is O=C(Cc1ccccc1O)NCC1CCCCN1Cc1ccccc1. The minimum Gasteiger partial charge on any atom is -0.508 e. The Kier molecular flexibility index (Phi) is 6.07. The van der Waals surface area contributed by atoms with Crippen LogP contribution in [0.2, 0.25) is 0 Å². The summed E-state index contributed by atoms with van der Waals surface area (Å²) in [7, 11) is 0. The third-order valence-electron chi connectivity index (χ3n) is 4.86. The molecule has 0 saturated carbocycles. The number of piperidine rings is 1. The van der Waals surface area contributed by atoms with Crippen molar-refractivity contribution in [3.05, 3.63) is 65.7 Å². The van der Waals surface area contributed by atoms with Crippen LogP contribution in [-0.2, 0) is 17.8 Å². The van der Waals surface area contributed by atoms with E-state index >= 15 is 0 Å². The topological polar surface area (TPSA) is 52.6 Å². The molecule has 1 unspecified atom stereocenters. The van der Waals surface area contributed by atoms with Gasteiger partial charge in [0.2, 0.25) is 5.91 Å². The number of amides is 1. The van der Waals surface area contributed by atoms with E-state index in [-0.39, 0.29) is 18.1 Å².